The van der Waals surface area contributed by atoms with Crippen molar-refractivity contribution in [3.63, 3.8) is 0 Å². The summed E-state index contributed by atoms with van der Waals surface area (Å²) in [5.74, 6) is 4.94. The molecule has 580 valence electrons. The van der Waals surface area contributed by atoms with E-state index in [4.69, 9.17) is 25.5 Å². The number of benzene rings is 9. The second-order valence-corrected chi connectivity index (χ2v) is 32.8. The van der Waals surface area contributed by atoms with Crippen LogP contribution in [-0.2, 0) is 33.1 Å². The molecule has 9 aromatic rings. The van der Waals surface area contributed by atoms with E-state index in [0.717, 1.165) is 132 Å². The van der Waals surface area contributed by atoms with E-state index in [1.54, 1.807) is 5.57 Å². The van der Waals surface area contributed by atoms with Crippen LogP contribution in [0.5, 0.6) is 17.2 Å². The number of rotatable bonds is 31. The fourth-order valence-electron chi connectivity index (χ4n) is 19.3. The van der Waals surface area contributed by atoms with E-state index >= 15 is 0 Å². The third-order valence-electron chi connectivity index (χ3n) is 26.0. The van der Waals surface area contributed by atoms with Gasteiger partial charge in [0.1, 0.15) is 23.0 Å². The Hall–Kier alpha value is -11.2. The first-order chi connectivity index (χ1) is 56.6. The summed E-state index contributed by atoms with van der Waals surface area (Å²) in [6.07, 6.45) is 52.4. The van der Waals surface area contributed by atoms with Crippen molar-refractivity contribution in [3.8, 4) is 39.5 Å². The fraction of sp³-hybridized carbons (Fsp3) is 0.284. The summed E-state index contributed by atoms with van der Waals surface area (Å²) in [4.78, 5) is 4.87. The molecule has 17 rings (SSSR count). The van der Waals surface area contributed by atoms with Crippen LogP contribution in [0.3, 0.4) is 0 Å². The Morgan fingerprint density at radius 1 is 0.530 bits per heavy atom. The molecule has 0 spiro atoms. The van der Waals surface area contributed by atoms with Crippen molar-refractivity contribution in [2.24, 2.45) is 17.8 Å². The molecule has 0 aromatic heterocycles. The number of ether oxygens (including phenoxy) is 4. The predicted octanol–water partition coefficient (Wildman–Crippen LogP) is 28.4. The van der Waals surface area contributed by atoms with Gasteiger partial charge in [-0.3, -0.25) is 0 Å². The first kappa shape index (κ1) is 76.5. The Morgan fingerprint density at radius 3 is 1.82 bits per heavy atom. The summed E-state index contributed by atoms with van der Waals surface area (Å²) in [5, 5.41) is 0. The Morgan fingerprint density at radius 2 is 1.17 bits per heavy atom. The molecule has 8 aliphatic rings. The molecule has 8 aliphatic carbocycles. The quantitative estimate of drug-likeness (QED) is 0.0404. The number of nitrogens with zero attached hydrogens (tertiary/aromatic N) is 2. The summed E-state index contributed by atoms with van der Waals surface area (Å²) in [6, 6.07) is 76.8. The standard InChI is InChI=1S/C109H110N2O4/c1-8-13-26-77(10-3)73-112-93-33-25-28-83(46-59-93)108(85-51-64-96(65-52-85)115-107-69-45-81-44-66-98(81)76(107)7)103-36-23-21-34-99(103)101-68-57-92(72-105(101)108)111(89-31-19-16-20-32-89)90-54-41-79(42-55-90)75(6)38-53-87(12-5)110(88-29-17-15-18-30-88)91-56-67-102-100-35-22-24-37-104(100)109(106(102)71-91,84-47-60-94(61-48-84)113-74-78(11-4)27-14-9-2)86-49-62-95(63-50-86)114-97-58-43-80-39-40-82(80)70-97/h12,15,17-19,21-25,29-38,41-43,45-64,67-72,76-78,96,107H,6,8-11,13-14,16,20,26-28,39-40,44,65-66,73-74H2,1-5,7H3/b53-38-,87-12+. The van der Waals surface area contributed by atoms with Crippen LogP contribution in [0.2, 0.25) is 0 Å². The Bertz CT molecular complexity index is 5460. The highest BCUT2D eigenvalue weighted by Gasteiger charge is 2.50. The number of allylic oxidation sites excluding steroid dienone is 16. The van der Waals surface area contributed by atoms with Crippen LogP contribution in [0, 0.1) is 17.8 Å². The van der Waals surface area contributed by atoms with Crippen LogP contribution in [0.1, 0.15) is 182 Å². The maximum absolute atomic E-state index is 7.05. The minimum Gasteiger partial charge on any atom is -0.493 e. The van der Waals surface area contributed by atoms with Crippen molar-refractivity contribution in [1.82, 2.24) is 0 Å². The van der Waals surface area contributed by atoms with Gasteiger partial charge in [0.2, 0.25) is 0 Å². The van der Waals surface area contributed by atoms with E-state index in [0.29, 0.717) is 24.4 Å². The van der Waals surface area contributed by atoms with Crippen molar-refractivity contribution in [3.05, 3.63) is 393 Å². The lowest BCUT2D eigenvalue weighted by atomic mass is 9.64. The van der Waals surface area contributed by atoms with E-state index < -0.39 is 10.8 Å². The molecule has 0 radical (unpaired) electrons. The van der Waals surface area contributed by atoms with Gasteiger partial charge in [-0.05, 0) is 287 Å². The van der Waals surface area contributed by atoms with Gasteiger partial charge < -0.3 is 28.7 Å². The van der Waals surface area contributed by atoms with Crippen molar-refractivity contribution < 1.29 is 18.9 Å². The van der Waals surface area contributed by atoms with E-state index in [1.165, 1.54) is 129 Å². The largest absolute Gasteiger partial charge is 0.493 e. The number of hydrogen-bond donors (Lipinski definition) is 0. The fourth-order valence-corrected chi connectivity index (χ4v) is 19.3. The first-order valence-corrected chi connectivity index (χ1v) is 43.0. The lowest BCUT2D eigenvalue weighted by Crippen LogP contribution is -2.34. The molecule has 6 heteroatoms. The number of unbranched alkanes of at least 4 members (excludes halogenated alkanes) is 2. The van der Waals surface area contributed by atoms with Gasteiger partial charge in [-0.25, -0.2) is 0 Å². The van der Waals surface area contributed by atoms with Crippen LogP contribution >= 0.6 is 0 Å². The summed E-state index contributed by atoms with van der Waals surface area (Å²) >= 11 is 0. The van der Waals surface area contributed by atoms with Gasteiger partial charge in [0.25, 0.3) is 0 Å². The highest BCUT2D eigenvalue weighted by atomic mass is 16.5. The highest BCUT2D eigenvalue weighted by Crippen LogP contribution is 2.61. The van der Waals surface area contributed by atoms with E-state index in [-0.39, 0.29) is 12.2 Å². The van der Waals surface area contributed by atoms with Crippen molar-refractivity contribution in [1.29, 1.82) is 0 Å². The highest BCUT2D eigenvalue weighted by molar-refractivity contribution is 5.91. The molecular formula is C109H110N2O4. The molecule has 0 heterocycles. The number of fused-ring (bicyclic) bond motifs is 7. The van der Waals surface area contributed by atoms with Gasteiger partial charge in [0.15, 0.2) is 0 Å². The molecule has 7 atom stereocenters. The van der Waals surface area contributed by atoms with Gasteiger partial charge in [0, 0.05) is 40.1 Å². The Balaban J connectivity index is 0.702. The Kier molecular flexibility index (Phi) is 22.7. The lowest BCUT2D eigenvalue weighted by Gasteiger charge is -2.39. The Labute approximate surface area is 684 Å². The number of aryl methyl sites for hydroxylation is 2. The SMILES string of the molecule is C=C(/C=C\C(=C/C)N(c1ccccc1)c1ccc2c(c1)C(c1ccc(OCC(CC)CCCC)cc1)(c1ccc(Oc3ccc4c(c3)CC4)cc1)c1ccccc1-2)c1ccc(N(C2=CCCC=C2)c2ccc3c(c2)C(C2=CCC(OC4C=CC5=C(CC5)C4C)C=C2)(C2=CC=C(OCC(CC)CCCC)C=CC2)c2ccccc2-3)cc1. The first-order valence-electron chi connectivity index (χ1n) is 43.0. The number of para-hydroxylation sites is 1. The zero-order valence-electron chi connectivity index (χ0n) is 68.1. The molecule has 0 fully saturated rings. The van der Waals surface area contributed by atoms with Gasteiger partial charge in [-0.1, -0.05) is 273 Å². The average Bonchev–Trinajstić information content (AvgIpc) is 1.55. The third-order valence-corrected chi connectivity index (χ3v) is 26.0. The minimum absolute atomic E-state index is 0.0335. The second-order valence-electron chi connectivity index (χ2n) is 32.8. The molecule has 7 unspecified atom stereocenters. The lowest BCUT2D eigenvalue weighted by molar-refractivity contribution is 0.0176. The second kappa shape index (κ2) is 34.1. The van der Waals surface area contributed by atoms with Crippen LogP contribution in [0.4, 0.5) is 22.7 Å². The predicted molar refractivity (Wildman–Crippen MR) is 479 cm³/mol. The van der Waals surface area contributed by atoms with Crippen molar-refractivity contribution in [2.75, 3.05) is 23.0 Å². The minimum atomic E-state index is -0.712. The zero-order valence-corrected chi connectivity index (χ0v) is 68.1. The molecule has 9 aromatic carbocycles. The van der Waals surface area contributed by atoms with Gasteiger partial charge >= 0.3 is 0 Å². The smallest absolute Gasteiger partial charge is 0.127 e. The molecule has 6 nitrogen and oxygen atoms in total. The van der Waals surface area contributed by atoms with E-state index in [2.05, 4.69) is 349 Å². The molecule has 0 amide bonds. The molecule has 0 saturated heterocycles. The number of anilines is 4. The van der Waals surface area contributed by atoms with E-state index in [1.807, 2.05) is 0 Å². The monoisotopic (exact) mass is 1510 g/mol. The normalized spacial score (nSPS) is 20.5. The van der Waals surface area contributed by atoms with Crippen LogP contribution in [-0.4, -0.2) is 25.4 Å². The summed E-state index contributed by atoms with van der Waals surface area (Å²) in [5.41, 5.74) is 27.9. The van der Waals surface area contributed by atoms with Gasteiger partial charge in [-0.2, -0.15) is 0 Å². The summed E-state index contributed by atoms with van der Waals surface area (Å²) in [7, 11) is 0. The third kappa shape index (κ3) is 14.9. The zero-order chi connectivity index (χ0) is 78.4. The van der Waals surface area contributed by atoms with Gasteiger partial charge in [-0.15, -0.1) is 0 Å². The van der Waals surface area contributed by atoms with Crippen LogP contribution in [0.25, 0.3) is 27.8 Å². The molecular weight excluding hydrogens is 1400 g/mol. The van der Waals surface area contributed by atoms with Crippen molar-refractivity contribution >= 4 is 28.3 Å². The van der Waals surface area contributed by atoms with Gasteiger partial charge in [0.05, 0.1) is 36.3 Å². The van der Waals surface area contributed by atoms with Crippen molar-refractivity contribution in [2.45, 2.75) is 167 Å². The molecule has 0 bridgehead atoms. The maximum Gasteiger partial charge on any atom is 0.127 e. The molecule has 115 heavy (non-hydrogen) atoms. The molecule has 0 saturated carbocycles. The van der Waals surface area contributed by atoms with Crippen LogP contribution in [0.15, 0.2) is 343 Å². The molecule has 0 N–H and O–H groups in total. The average molecular weight is 1510 g/mol. The topological polar surface area (TPSA) is 43.4 Å². The summed E-state index contributed by atoms with van der Waals surface area (Å²) < 4.78 is 27.1. The van der Waals surface area contributed by atoms with E-state index in [9.17, 15) is 0 Å². The number of hydrogen-bond acceptors (Lipinski definition) is 6. The maximum atomic E-state index is 7.05. The molecule has 0 aliphatic heterocycles. The van der Waals surface area contributed by atoms with Crippen LogP contribution < -0.4 is 19.3 Å². The summed E-state index contributed by atoms with van der Waals surface area (Å²) in [6.45, 7) is 19.9.